The fourth-order valence-electron chi connectivity index (χ4n) is 3.41. The van der Waals surface area contributed by atoms with Gasteiger partial charge in [-0.2, -0.15) is 0 Å². The third-order valence-electron chi connectivity index (χ3n) is 4.79. The molecule has 0 aliphatic carbocycles. The van der Waals surface area contributed by atoms with E-state index >= 15 is 0 Å². The monoisotopic (exact) mass is 326 g/mol. The summed E-state index contributed by atoms with van der Waals surface area (Å²) < 4.78 is 2.19. The van der Waals surface area contributed by atoms with Crippen LogP contribution in [0.25, 0.3) is 0 Å². The van der Waals surface area contributed by atoms with Gasteiger partial charge in [-0.3, -0.25) is 4.79 Å². The number of anilines is 1. The molecule has 1 aromatic heterocycles. The smallest absolute Gasteiger partial charge is 0.253 e. The SMILES string of the molecule is CCn1ccnc1C1CCCN(C(=O)c2ccc(N(C)C)cc2)C1. The number of rotatable bonds is 4. The van der Waals surface area contributed by atoms with Gasteiger partial charge in [0.15, 0.2) is 0 Å². The van der Waals surface area contributed by atoms with Crippen molar-refractivity contribution in [1.29, 1.82) is 0 Å². The second kappa shape index (κ2) is 7.07. The highest BCUT2D eigenvalue weighted by Gasteiger charge is 2.27. The number of hydrogen-bond acceptors (Lipinski definition) is 3. The van der Waals surface area contributed by atoms with Crippen LogP contribution in [0.4, 0.5) is 5.69 Å². The van der Waals surface area contributed by atoms with Crippen molar-refractivity contribution < 1.29 is 4.79 Å². The van der Waals surface area contributed by atoms with Gasteiger partial charge in [-0.15, -0.1) is 0 Å². The topological polar surface area (TPSA) is 41.4 Å². The minimum Gasteiger partial charge on any atom is -0.378 e. The summed E-state index contributed by atoms with van der Waals surface area (Å²) >= 11 is 0. The largest absolute Gasteiger partial charge is 0.378 e. The molecule has 1 atom stereocenters. The maximum atomic E-state index is 12.8. The van der Waals surface area contributed by atoms with Gasteiger partial charge in [0.05, 0.1) is 0 Å². The lowest BCUT2D eigenvalue weighted by atomic mass is 9.96. The van der Waals surface area contributed by atoms with Gasteiger partial charge < -0.3 is 14.4 Å². The van der Waals surface area contributed by atoms with Gasteiger partial charge >= 0.3 is 0 Å². The van der Waals surface area contributed by atoms with Crippen LogP contribution in [-0.2, 0) is 6.54 Å². The number of piperidine rings is 1. The van der Waals surface area contributed by atoms with Crippen LogP contribution in [0.2, 0.25) is 0 Å². The van der Waals surface area contributed by atoms with Crippen molar-refractivity contribution in [2.24, 2.45) is 0 Å². The standard InChI is InChI=1S/C19H26N4O/c1-4-22-13-11-20-18(22)16-6-5-12-23(14-16)19(24)15-7-9-17(10-8-15)21(2)3/h7-11,13,16H,4-6,12,14H2,1-3H3. The molecule has 3 rings (SSSR count). The van der Waals surface area contributed by atoms with Crippen molar-refractivity contribution in [3.05, 3.63) is 48.0 Å². The summed E-state index contributed by atoms with van der Waals surface area (Å²) in [6, 6.07) is 7.85. The van der Waals surface area contributed by atoms with E-state index in [4.69, 9.17) is 0 Å². The van der Waals surface area contributed by atoms with Crippen LogP contribution in [0.5, 0.6) is 0 Å². The Morgan fingerprint density at radius 1 is 1.29 bits per heavy atom. The Bertz CT molecular complexity index is 690. The number of aryl methyl sites for hydroxylation is 1. The van der Waals surface area contributed by atoms with E-state index in [0.717, 1.165) is 49.6 Å². The van der Waals surface area contributed by atoms with E-state index in [2.05, 4.69) is 16.5 Å². The number of carbonyl (C=O) groups is 1. The normalized spacial score (nSPS) is 17.8. The number of aromatic nitrogens is 2. The van der Waals surface area contributed by atoms with Crippen molar-refractivity contribution in [2.45, 2.75) is 32.2 Å². The molecule has 0 bridgehead atoms. The number of imidazole rings is 1. The van der Waals surface area contributed by atoms with Gasteiger partial charge in [-0.25, -0.2) is 4.98 Å². The molecule has 2 heterocycles. The molecule has 128 valence electrons. The summed E-state index contributed by atoms with van der Waals surface area (Å²) in [4.78, 5) is 21.4. The Morgan fingerprint density at radius 3 is 2.71 bits per heavy atom. The minimum atomic E-state index is 0.125. The summed E-state index contributed by atoms with van der Waals surface area (Å²) in [5.74, 6) is 1.57. The molecule has 1 aromatic carbocycles. The Kier molecular flexibility index (Phi) is 4.88. The number of nitrogens with zero attached hydrogens (tertiary/aromatic N) is 4. The zero-order valence-corrected chi connectivity index (χ0v) is 14.8. The third-order valence-corrected chi connectivity index (χ3v) is 4.79. The molecule has 2 aromatic rings. The molecule has 1 fully saturated rings. The van der Waals surface area contributed by atoms with E-state index in [9.17, 15) is 4.79 Å². The van der Waals surface area contributed by atoms with Crippen LogP contribution in [0.15, 0.2) is 36.7 Å². The first-order valence-corrected chi connectivity index (χ1v) is 8.68. The first-order valence-electron chi connectivity index (χ1n) is 8.68. The predicted molar refractivity (Wildman–Crippen MR) is 96.5 cm³/mol. The van der Waals surface area contributed by atoms with Gasteiger partial charge in [0.25, 0.3) is 5.91 Å². The number of amides is 1. The van der Waals surface area contributed by atoms with E-state index in [1.807, 2.05) is 60.6 Å². The van der Waals surface area contributed by atoms with Gasteiger partial charge in [0, 0.05) is 63.3 Å². The fraction of sp³-hybridized carbons (Fsp3) is 0.474. The fourth-order valence-corrected chi connectivity index (χ4v) is 3.41. The Balaban J connectivity index is 1.73. The highest BCUT2D eigenvalue weighted by molar-refractivity contribution is 5.94. The molecule has 1 aliphatic rings. The maximum absolute atomic E-state index is 12.8. The van der Waals surface area contributed by atoms with E-state index in [1.165, 1.54) is 0 Å². The van der Waals surface area contributed by atoms with Gasteiger partial charge in [-0.05, 0) is 44.0 Å². The summed E-state index contributed by atoms with van der Waals surface area (Å²) in [6.45, 7) is 4.64. The van der Waals surface area contributed by atoms with Crippen molar-refractivity contribution in [2.75, 3.05) is 32.1 Å². The van der Waals surface area contributed by atoms with Crippen LogP contribution in [0.1, 0.15) is 41.9 Å². The highest BCUT2D eigenvalue weighted by atomic mass is 16.2. The summed E-state index contributed by atoms with van der Waals surface area (Å²) in [5.41, 5.74) is 1.87. The van der Waals surface area contributed by atoms with E-state index in [0.29, 0.717) is 5.92 Å². The molecule has 0 saturated carbocycles. The van der Waals surface area contributed by atoms with Crippen molar-refractivity contribution in [3.8, 4) is 0 Å². The molecule has 5 nitrogen and oxygen atoms in total. The molecule has 1 amide bonds. The molecule has 24 heavy (non-hydrogen) atoms. The molecule has 0 spiro atoms. The van der Waals surface area contributed by atoms with Crippen LogP contribution in [-0.4, -0.2) is 47.5 Å². The predicted octanol–water partition coefficient (Wildman–Crippen LogP) is 2.99. The van der Waals surface area contributed by atoms with Gasteiger partial charge in [-0.1, -0.05) is 0 Å². The van der Waals surface area contributed by atoms with Crippen molar-refractivity contribution in [1.82, 2.24) is 14.5 Å². The number of likely N-dealkylation sites (tertiary alicyclic amines) is 1. The quantitative estimate of drug-likeness (QED) is 0.867. The van der Waals surface area contributed by atoms with Crippen molar-refractivity contribution in [3.63, 3.8) is 0 Å². The molecule has 1 aliphatic heterocycles. The second-order valence-corrected chi connectivity index (χ2v) is 6.60. The average molecular weight is 326 g/mol. The van der Waals surface area contributed by atoms with E-state index < -0.39 is 0 Å². The lowest BCUT2D eigenvalue weighted by Gasteiger charge is -2.32. The number of carbonyl (C=O) groups excluding carboxylic acids is 1. The van der Waals surface area contributed by atoms with Gasteiger partial charge in [0.2, 0.25) is 0 Å². The number of hydrogen-bond donors (Lipinski definition) is 0. The van der Waals surface area contributed by atoms with E-state index in [-0.39, 0.29) is 5.91 Å². The molecule has 0 radical (unpaired) electrons. The zero-order valence-electron chi connectivity index (χ0n) is 14.8. The molecule has 1 unspecified atom stereocenters. The van der Waals surface area contributed by atoms with E-state index in [1.54, 1.807) is 0 Å². The average Bonchev–Trinajstić information content (AvgIpc) is 3.10. The van der Waals surface area contributed by atoms with Crippen LogP contribution >= 0.6 is 0 Å². The highest BCUT2D eigenvalue weighted by Crippen LogP contribution is 2.27. The maximum Gasteiger partial charge on any atom is 0.253 e. The summed E-state index contributed by atoms with van der Waals surface area (Å²) in [7, 11) is 4.00. The molecule has 0 N–H and O–H groups in total. The lowest BCUT2D eigenvalue weighted by molar-refractivity contribution is 0.0703. The van der Waals surface area contributed by atoms with Crippen molar-refractivity contribution >= 4 is 11.6 Å². The Morgan fingerprint density at radius 2 is 2.04 bits per heavy atom. The number of benzene rings is 1. The van der Waals surface area contributed by atoms with Crippen LogP contribution < -0.4 is 4.90 Å². The second-order valence-electron chi connectivity index (χ2n) is 6.60. The third kappa shape index (κ3) is 3.30. The van der Waals surface area contributed by atoms with Crippen LogP contribution in [0, 0.1) is 0 Å². The molecular formula is C19H26N4O. The molecule has 1 saturated heterocycles. The summed E-state index contributed by atoms with van der Waals surface area (Å²) in [5, 5.41) is 0. The molecule has 5 heteroatoms. The minimum absolute atomic E-state index is 0.125. The Hall–Kier alpha value is -2.30. The first-order chi connectivity index (χ1) is 11.6. The first kappa shape index (κ1) is 16.6. The Labute approximate surface area is 143 Å². The lowest BCUT2D eigenvalue weighted by Crippen LogP contribution is -2.39. The summed E-state index contributed by atoms with van der Waals surface area (Å²) in [6.07, 6.45) is 6.01. The van der Waals surface area contributed by atoms with Gasteiger partial charge in [0.1, 0.15) is 5.82 Å². The molecular weight excluding hydrogens is 300 g/mol. The van der Waals surface area contributed by atoms with Crippen LogP contribution in [0.3, 0.4) is 0 Å². The zero-order chi connectivity index (χ0) is 17.1.